The van der Waals surface area contributed by atoms with Crippen molar-refractivity contribution in [1.82, 2.24) is 4.98 Å². The third-order valence-electron chi connectivity index (χ3n) is 2.91. The largest absolute Gasteiger partial charge is 0.482 e. The molecule has 0 aliphatic carbocycles. The van der Waals surface area contributed by atoms with Crippen LogP contribution in [-0.2, 0) is 4.79 Å². The molecule has 6 heteroatoms. The van der Waals surface area contributed by atoms with E-state index in [4.69, 9.17) is 10.00 Å². The van der Waals surface area contributed by atoms with Gasteiger partial charge >= 0.3 is 0 Å². The average Bonchev–Trinajstić information content (AvgIpc) is 2.95. The first-order valence-corrected chi connectivity index (χ1v) is 7.35. The second-order valence-corrected chi connectivity index (χ2v) is 5.46. The summed E-state index contributed by atoms with van der Waals surface area (Å²) in [6, 6.07) is 16.5. The molecule has 0 unspecified atom stereocenters. The standard InChI is InChI=1S/C16H11N3O2S/c17-9-11-5-1-3-7-13(11)21-10-15(20)19-16-18-12-6-2-4-8-14(12)22-16/h1-8H,10H2,(H,18,19,20). The number of hydrogen-bond acceptors (Lipinski definition) is 5. The minimum Gasteiger partial charge on any atom is -0.482 e. The summed E-state index contributed by atoms with van der Waals surface area (Å²) < 4.78 is 6.39. The van der Waals surface area contributed by atoms with Gasteiger partial charge in [-0.05, 0) is 24.3 Å². The number of ether oxygens (including phenoxy) is 1. The number of nitriles is 1. The van der Waals surface area contributed by atoms with Crippen LogP contribution >= 0.6 is 11.3 Å². The minimum absolute atomic E-state index is 0.172. The molecule has 5 nitrogen and oxygen atoms in total. The van der Waals surface area contributed by atoms with Gasteiger partial charge in [0.1, 0.15) is 11.8 Å². The molecule has 3 rings (SSSR count). The van der Waals surface area contributed by atoms with Crippen LogP contribution in [0.3, 0.4) is 0 Å². The summed E-state index contributed by atoms with van der Waals surface area (Å²) in [7, 11) is 0. The number of nitrogens with one attached hydrogen (secondary N) is 1. The topological polar surface area (TPSA) is 75.0 Å². The predicted molar refractivity (Wildman–Crippen MR) is 84.9 cm³/mol. The molecular formula is C16H11N3O2S. The van der Waals surface area contributed by atoms with Crippen molar-refractivity contribution in [2.24, 2.45) is 0 Å². The van der Waals surface area contributed by atoms with E-state index in [0.29, 0.717) is 16.4 Å². The van der Waals surface area contributed by atoms with Gasteiger partial charge in [-0.15, -0.1) is 0 Å². The summed E-state index contributed by atoms with van der Waals surface area (Å²) in [5.41, 5.74) is 1.24. The van der Waals surface area contributed by atoms with E-state index < -0.39 is 0 Å². The van der Waals surface area contributed by atoms with E-state index in [0.717, 1.165) is 10.2 Å². The lowest BCUT2D eigenvalue weighted by Gasteiger charge is -2.06. The molecule has 22 heavy (non-hydrogen) atoms. The van der Waals surface area contributed by atoms with Gasteiger partial charge in [0.05, 0.1) is 15.8 Å². The number of anilines is 1. The smallest absolute Gasteiger partial charge is 0.264 e. The second-order valence-electron chi connectivity index (χ2n) is 4.43. The van der Waals surface area contributed by atoms with E-state index in [1.807, 2.05) is 30.3 Å². The lowest BCUT2D eigenvalue weighted by molar-refractivity contribution is -0.118. The Balaban J connectivity index is 1.64. The Morgan fingerprint density at radius 1 is 1.23 bits per heavy atom. The summed E-state index contributed by atoms with van der Waals surface area (Å²) in [5.74, 6) is 0.0799. The van der Waals surface area contributed by atoms with Crippen molar-refractivity contribution in [2.45, 2.75) is 0 Å². The number of carbonyl (C=O) groups is 1. The van der Waals surface area contributed by atoms with Crippen LogP contribution in [0.5, 0.6) is 5.75 Å². The van der Waals surface area contributed by atoms with E-state index in [-0.39, 0.29) is 12.5 Å². The van der Waals surface area contributed by atoms with Crippen LogP contribution in [0.2, 0.25) is 0 Å². The summed E-state index contributed by atoms with van der Waals surface area (Å²) in [6.07, 6.45) is 0. The van der Waals surface area contributed by atoms with Crippen molar-refractivity contribution in [2.75, 3.05) is 11.9 Å². The van der Waals surface area contributed by atoms with Crippen LogP contribution in [-0.4, -0.2) is 17.5 Å². The van der Waals surface area contributed by atoms with Gasteiger partial charge in [0.2, 0.25) is 0 Å². The van der Waals surface area contributed by atoms with Crippen LogP contribution in [0.15, 0.2) is 48.5 Å². The number of fused-ring (bicyclic) bond motifs is 1. The summed E-state index contributed by atoms with van der Waals surface area (Å²) in [6.45, 7) is -0.172. The van der Waals surface area contributed by atoms with E-state index in [1.165, 1.54) is 11.3 Å². The van der Waals surface area contributed by atoms with Gasteiger partial charge in [-0.2, -0.15) is 5.26 Å². The van der Waals surface area contributed by atoms with E-state index in [9.17, 15) is 4.79 Å². The zero-order chi connectivity index (χ0) is 15.4. The highest BCUT2D eigenvalue weighted by Gasteiger charge is 2.09. The average molecular weight is 309 g/mol. The molecule has 1 aromatic heterocycles. The van der Waals surface area contributed by atoms with Gasteiger partial charge in [-0.3, -0.25) is 10.1 Å². The van der Waals surface area contributed by atoms with E-state index in [1.54, 1.807) is 24.3 Å². The van der Waals surface area contributed by atoms with Crippen LogP contribution in [0, 0.1) is 11.3 Å². The fraction of sp³-hybridized carbons (Fsp3) is 0.0625. The maximum atomic E-state index is 11.9. The van der Waals surface area contributed by atoms with Crippen molar-refractivity contribution in [3.05, 3.63) is 54.1 Å². The molecule has 1 N–H and O–H groups in total. The fourth-order valence-electron chi connectivity index (χ4n) is 1.91. The molecule has 0 spiro atoms. The zero-order valence-corrected chi connectivity index (χ0v) is 12.3. The summed E-state index contributed by atoms with van der Waals surface area (Å²) >= 11 is 1.40. The molecule has 1 amide bonds. The third-order valence-corrected chi connectivity index (χ3v) is 3.86. The number of aromatic nitrogens is 1. The molecule has 1 heterocycles. The van der Waals surface area contributed by atoms with Crippen LogP contribution in [0.25, 0.3) is 10.2 Å². The highest BCUT2D eigenvalue weighted by atomic mass is 32.1. The molecule has 0 fully saturated rings. The number of hydrogen-bond donors (Lipinski definition) is 1. The number of carbonyl (C=O) groups excluding carboxylic acids is 1. The summed E-state index contributed by atoms with van der Waals surface area (Å²) in [4.78, 5) is 16.2. The highest BCUT2D eigenvalue weighted by molar-refractivity contribution is 7.22. The first-order chi connectivity index (χ1) is 10.8. The molecule has 0 bridgehead atoms. The van der Waals surface area contributed by atoms with Gasteiger partial charge in [0.25, 0.3) is 5.91 Å². The molecule has 0 atom stereocenters. The lowest BCUT2D eigenvalue weighted by atomic mass is 10.2. The van der Waals surface area contributed by atoms with Crippen molar-refractivity contribution in [3.63, 3.8) is 0 Å². The van der Waals surface area contributed by atoms with Crippen molar-refractivity contribution in [1.29, 1.82) is 5.26 Å². The Kier molecular flexibility index (Phi) is 3.99. The number of rotatable bonds is 4. The Bertz CT molecular complexity index is 834. The number of thiazole rings is 1. The van der Waals surface area contributed by atoms with Gasteiger partial charge in [0, 0.05) is 0 Å². The first kappa shape index (κ1) is 14.0. The number of amides is 1. The molecule has 0 aliphatic heterocycles. The molecule has 0 radical (unpaired) electrons. The number of nitrogens with zero attached hydrogens (tertiary/aromatic N) is 2. The minimum atomic E-state index is -0.313. The Labute approximate surface area is 130 Å². The lowest BCUT2D eigenvalue weighted by Crippen LogP contribution is -2.20. The normalized spacial score (nSPS) is 10.1. The third kappa shape index (κ3) is 3.05. The first-order valence-electron chi connectivity index (χ1n) is 6.53. The molecule has 0 saturated heterocycles. The van der Waals surface area contributed by atoms with Crippen LogP contribution in [0.4, 0.5) is 5.13 Å². The quantitative estimate of drug-likeness (QED) is 0.803. The van der Waals surface area contributed by atoms with Crippen molar-refractivity contribution in [3.8, 4) is 11.8 Å². The molecule has 0 aliphatic rings. The zero-order valence-electron chi connectivity index (χ0n) is 11.4. The van der Waals surface area contributed by atoms with Gasteiger partial charge in [-0.1, -0.05) is 35.6 Å². The summed E-state index contributed by atoms with van der Waals surface area (Å²) in [5, 5.41) is 12.2. The van der Waals surface area contributed by atoms with Gasteiger partial charge in [-0.25, -0.2) is 4.98 Å². The van der Waals surface area contributed by atoms with E-state index >= 15 is 0 Å². The molecule has 108 valence electrons. The maximum absolute atomic E-state index is 11.9. The van der Waals surface area contributed by atoms with Gasteiger partial charge in [0.15, 0.2) is 11.7 Å². The predicted octanol–water partition coefficient (Wildman–Crippen LogP) is 3.19. The number of benzene rings is 2. The van der Waals surface area contributed by atoms with Crippen molar-refractivity contribution >= 4 is 32.6 Å². The number of para-hydroxylation sites is 2. The Hall–Kier alpha value is -2.91. The maximum Gasteiger partial charge on any atom is 0.264 e. The molecule has 3 aromatic rings. The fourth-order valence-corrected chi connectivity index (χ4v) is 2.79. The van der Waals surface area contributed by atoms with Gasteiger partial charge < -0.3 is 4.74 Å². The van der Waals surface area contributed by atoms with Crippen LogP contribution < -0.4 is 10.1 Å². The molecule has 0 saturated carbocycles. The van der Waals surface area contributed by atoms with E-state index in [2.05, 4.69) is 10.3 Å². The molecular weight excluding hydrogens is 298 g/mol. The highest BCUT2D eigenvalue weighted by Crippen LogP contribution is 2.25. The Morgan fingerprint density at radius 2 is 2.00 bits per heavy atom. The Morgan fingerprint density at radius 3 is 2.82 bits per heavy atom. The second kappa shape index (κ2) is 6.24. The SMILES string of the molecule is N#Cc1ccccc1OCC(=O)Nc1nc2ccccc2s1. The van der Waals surface area contributed by atoms with Crippen LogP contribution in [0.1, 0.15) is 5.56 Å². The van der Waals surface area contributed by atoms with Crippen molar-refractivity contribution < 1.29 is 9.53 Å². The monoisotopic (exact) mass is 309 g/mol. The molecule has 2 aromatic carbocycles.